The van der Waals surface area contributed by atoms with Crippen LogP contribution in [0.4, 0.5) is 0 Å². The minimum absolute atomic E-state index is 0.0214. The lowest BCUT2D eigenvalue weighted by molar-refractivity contribution is 0.102. The number of aliphatic hydroxyl groups excluding tert-OH is 1. The predicted molar refractivity (Wildman–Crippen MR) is 85.0 cm³/mol. The van der Waals surface area contributed by atoms with Crippen LogP contribution in [0.1, 0.15) is 65.7 Å². The van der Waals surface area contributed by atoms with E-state index in [0.717, 1.165) is 12.8 Å². The first kappa shape index (κ1) is 16.3. The van der Waals surface area contributed by atoms with E-state index in [1.54, 1.807) is 0 Å². The maximum absolute atomic E-state index is 9.80. The lowest BCUT2D eigenvalue weighted by atomic mass is 9.84. The zero-order valence-electron chi connectivity index (χ0n) is 13.7. The summed E-state index contributed by atoms with van der Waals surface area (Å²) in [4.78, 5) is 2.62. The standard InChI is InChI=1S/C17H34N2O/c1-4-17(14-20,18-15-7-8-15)10-6-12-19-11-5-9-16(2,3)13-19/h15,18,20H,4-14H2,1-3H3. The van der Waals surface area contributed by atoms with Gasteiger partial charge >= 0.3 is 0 Å². The molecular formula is C17H34N2O. The highest BCUT2D eigenvalue weighted by molar-refractivity contribution is 4.94. The normalized spacial score (nSPS) is 26.4. The van der Waals surface area contributed by atoms with Gasteiger partial charge in [0, 0.05) is 18.1 Å². The largest absolute Gasteiger partial charge is 0.394 e. The minimum Gasteiger partial charge on any atom is -0.394 e. The third-order valence-electron chi connectivity index (χ3n) is 5.18. The summed E-state index contributed by atoms with van der Waals surface area (Å²) in [6.07, 6.45) is 8.63. The number of rotatable bonds is 8. The molecule has 0 aromatic carbocycles. The third-order valence-corrected chi connectivity index (χ3v) is 5.18. The van der Waals surface area contributed by atoms with Crippen LogP contribution in [-0.2, 0) is 0 Å². The minimum atomic E-state index is -0.0214. The van der Waals surface area contributed by atoms with Crippen molar-refractivity contribution >= 4 is 0 Å². The van der Waals surface area contributed by atoms with E-state index in [2.05, 4.69) is 31.0 Å². The van der Waals surface area contributed by atoms with Gasteiger partial charge in [0.25, 0.3) is 0 Å². The van der Waals surface area contributed by atoms with Crippen LogP contribution in [0.2, 0.25) is 0 Å². The van der Waals surface area contributed by atoms with E-state index in [9.17, 15) is 5.11 Å². The van der Waals surface area contributed by atoms with Crippen LogP contribution in [0.15, 0.2) is 0 Å². The van der Waals surface area contributed by atoms with Crippen molar-refractivity contribution in [1.82, 2.24) is 10.2 Å². The Morgan fingerprint density at radius 3 is 2.65 bits per heavy atom. The summed E-state index contributed by atoms with van der Waals surface area (Å²) in [5, 5.41) is 13.5. The predicted octanol–water partition coefficient (Wildman–Crippen LogP) is 2.78. The molecule has 1 saturated carbocycles. The SMILES string of the molecule is CCC(CO)(CCCN1CCCC(C)(C)C1)NC1CC1. The van der Waals surface area contributed by atoms with Crippen LogP contribution < -0.4 is 5.32 Å². The van der Waals surface area contributed by atoms with E-state index in [1.165, 1.54) is 51.7 Å². The molecule has 0 spiro atoms. The average Bonchev–Trinajstić information content (AvgIpc) is 3.20. The summed E-state index contributed by atoms with van der Waals surface area (Å²) < 4.78 is 0. The van der Waals surface area contributed by atoms with E-state index in [-0.39, 0.29) is 12.1 Å². The topological polar surface area (TPSA) is 35.5 Å². The van der Waals surface area contributed by atoms with E-state index < -0.39 is 0 Å². The van der Waals surface area contributed by atoms with Crippen LogP contribution >= 0.6 is 0 Å². The summed E-state index contributed by atoms with van der Waals surface area (Å²) in [7, 11) is 0. The second-order valence-electron chi connectivity index (χ2n) is 7.86. The molecule has 1 aliphatic heterocycles. The highest BCUT2D eigenvalue weighted by atomic mass is 16.3. The molecule has 2 N–H and O–H groups in total. The molecule has 0 bridgehead atoms. The van der Waals surface area contributed by atoms with Crippen molar-refractivity contribution in [2.75, 3.05) is 26.2 Å². The molecular weight excluding hydrogens is 248 g/mol. The molecule has 118 valence electrons. The van der Waals surface area contributed by atoms with Gasteiger partial charge in [-0.15, -0.1) is 0 Å². The van der Waals surface area contributed by atoms with Crippen LogP contribution in [0, 0.1) is 5.41 Å². The molecule has 2 rings (SSSR count). The van der Waals surface area contributed by atoms with Gasteiger partial charge in [0.1, 0.15) is 0 Å². The molecule has 3 nitrogen and oxygen atoms in total. The second-order valence-corrected chi connectivity index (χ2v) is 7.86. The fraction of sp³-hybridized carbons (Fsp3) is 1.00. The molecule has 1 heterocycles. The Morgan fingerprint density at radius 2 is 2.10 bits per heavy atom. The smallest absolute Gasteiger partial charge is 0.0613 e. The van der Waals surface area contributed by atoms with Crippen LogP contribution in [-0.4, -0.2) is 47.8 Å². The van der Waals surface area contributed by atoms with Crippen molar-refractivity contribution in [1.29, 1.82) is 0 Å². The van der Waals surface area contributed by atoms with Gasteiger partial charge in [-0.3, -0.25) is 0 Å². The summed E-state index contributed by atoms with van der Waals surface area (Å²) >= 11 is 0. The second kappa shape index (κ2) is 6.76. The number of piperidine rings is 1. The molecule has 2 aliphatic rings. The van der Waals surface area contributed by atoms with Crippen LogP contribution in [0.3, 0.4) is 0 Å². The summed E-state index contributed by atoms with van der Waals surface area (Å²) in [6, 6.07) is 0.677. The maximum Gasteiger partial charge on any atom is 0.0613 e. The van der Waals surface area contributed by atoms with Crippen molar-refractivity contribution in [3.8, 4) is 0 Å². The van der Waals surface area contributed by atoms with Gasteiger partial charge in [0.05, 0.1) is 6.61 Å². The Balaban J connectivity index is 1.74. The summed E-state index contributed by atoms with van der Waals surface area (Å²) in [5.74, 6) is 0. The number of likely N-dealkylation sites (tertiary alicyclic amines) is 1. The molecule has 2 fully saturated rings. The van der Waals surface area contributed by atoms with Gasteiger partial charge in [-0.25, -0.2) is 0 Å². The lowest BCUT2D eigenvalue weighted by Gasteiger charge is -2.39. The first-order chi connectivity index (χ1) is 9.49. The monoisotopic (exact) mass is 282 g/mol. The highest BCUT2D eigenvalue weighted by Gasteiger charge is 2.34. The van der Waals surface area contributed by atoms with Crippen molar-refractivity contribution in [2.24, 2.45) is 5.41 Å². The van der Waals surface area contributed by atoms with Crippen molar-refractivity contribution < 1.29 is 5.11 Å². The zero-order chi connectivity index (χ0) is 14.6. The fourth-order valence-corrected chi connectivity index (χ4v) is 3.62. The summed E-state index contributed by atoms with van der Waals surface area (Å²) in [6.45, 7) is 11.0. The number of hydrogen-bond acceptors (Lipinski definition) is 3. The molecule has 1 atom stereocenters. The molecule has 20 heavy (non-hydrogen) atoms. The first-order valence-corrected chi connectivity index (χ1v) is 8.59. The zero-order valence-corrected chi connectivity index (χ0v) is 13.7. The Morgan fingerprint density at radius 1 is 1.35 bits per heavy atom. The van der Waals surface area contributed by atoms with Crippen molar-refractivity contribution in [3.05, 3.63) is 0 Å². The van der Waals surface area contributed by atoms with E-state index >= 15 is 0 Å². The number of nitrogens with one attached hydrogen (secondary N) is 1. The van der Waals surface area contributed by atoms with Gasteiger partial charge in [0.15, 0.2) is 0 Å². The van der Waals surface area contributed by atoms with E-state index in [1.807, 2.05) is 0 Å². The third kappa shape index (κ3) is 4.71. The number of aliphatic hydroxyl groups is 1. The molecule has 1 aliphatic carbocycles. The molecule has 1 unspecified atom stereocenters. The number of hydrogen-bond donors (Lipinski definition) is 2. The highest BCUT2D eigenvalue weighted by Crippen LogP contribution is 2.30. The number of nitrogens with zero attached hydrogens (tertiary/aromatic N) is 1. The molecule has 1 saturated heterocycles. The Hall–Kier alpha value is -0.120. The quantitative estimate of drug-likeness (QED) is 0.718. The van der Waals surface area contributed by atoms with Crippen LogP contribution in [0.25, 0.3) is 0 Å². The van der Waals surface area contributed by atoms with Crippen molar-refractivity contribution in [2.45, 2.75) is 77.3 Å². The van der Waals surface area contributed by atoms with Crippen LogP contribution in [0.5, 0.6) is 0 Å². The fourth-order valence-electron chi connectivity index (χ4n) is 3.62. The Labute approximate surface area is 125 Å². The van der Waals surface area contributed by atoms with Gasteiger partial charge < -0.3 is 15.3 Å². The lowest BCUT2D eigenvalue weighted by Crippen LogP contribution is -2.50. The van der Waals surface area contributed by atoms with Gasteiger partial charge in [-0.2, -0.15) is 0 Å². The first-order valence-electron chi connectivity index (χ1n) is 8.59. The molecule has 0 aromatic rings. The Kier molecular flexibility index (Phi) is 5.49. The molecule has 0 amide bonds. The molecule has 0 radical (unpaired) electrons. The average molecular weight is 282 g/mol. The van der Waals surface area contributed by atoms with Gasteiger partial charge in [0.2, 0.25) is 0 Å². The van der Waals surface area contributed by atoms with E-state index in [0.29, 0.717) is 11.5 Å². The molecule has 3 heteroatoms. The van der Waals surface area contributed by atoms with Crippen molar-refractivity contribution in [3.63, 3.8) is 0 Å². The van der Waals surface area contributed by atoms with E-state index in [4.69, 9.17) is 0 Å². The van der Waals surface area contributed by atoms with Gasteiger partial charge in [-0.1, -0.05) is 20.8 Å². The molecule has 0 aromatic heterocycles. The summed E-state index contributed by atoms with van der Waals surface area (Å²) in [5.41, 5.74) is 0.468. The Bertz CT molecular complexity index is 295. The maximum atomic E-state index is 9.80. The van der Waals surface area contributed by atoms with Gasteiger partial charge in [-0.05, 0) is 63.5 Å².